The molecule has 204 valence electrons. The maximum atomic E-state index is 13.8. The van der Waals surface area contributed by atoms with Gasteiger partial charge in [-0.2, -0.15) is 0 Å². The predicted molar refractivity (Wildman–Crippen MR) is 151 cm³/mol. The van der Waals surface area contributed by atoms with Crippen molar-refractivity contribution in [3.8, 4) is 11.3 Å². The van der Waals surface area contributed by atoms with Crippen LogP contribution < -0.4 is 10.6 Å². The first-order chi connectivity index (χ1) is 19.3. The third-order valence-electron chi connectivity index (χ3n) is 6.75. The average Bonchev–Trinajstić information content (AvgIpc) is 3.58. The fraction of sp³-hybridized carbons (Fsp3) is 0.194. The molecular formula is C31H29FN4O4. The van der Waals surface area contributed by atoms with Gasteiger partial charge in [-0.1, -0.05) is 43.3 Å². The van der Waals surface area contributed by atoms with E-state index >= 15 is 0 Å². The Morgan fingerprint density at radius 2 is 1.85 bits per heavy atom. The molecule has 1 unspecified atom stereocenters. The average molecular weight is 541 g/mol. The van der Waals surface area contributed by atoms with E-state index in [1.165, 1.54) is 12.1 Å². The zero-order valence-electron chi connectivity index (χ0n) is 22.1. The molecule has 0 spiro atoms. The van der Waals surface area contributed by atoms with Crippen molar-refractivity contribution < 1.29 is 23.5 Å². The van der Waals surface area contributed by atoms with Crippen molar-refractivity contribution in [2.45, 2.75) is 39.3 Å². The highest BCUT2D eigenvalue weighted by Crippen LogP contribution is 2.24. The number of para-hydroxylation sites is 2. The highest BCUT2D eigenvalue weighted by Gasteiger charge is 2.24. The van der Waals surface area contributed by atoms with Crippen LogP contribution >= 0.6 is 0 Å². The van der Waals surface area contributed by atoms with Crippen LogP contribution in [-0.2, 0) is 24.2 Å². The SMILES string of the molecule is CCc1cc(F)cc(C)c1C(=O)NC(Cc1ccc(-c2ccc(CNc3nc4ccccc4[nH]3)o2)cc1)C(=O)O. The number of H-pyrrole nitrogens is 1. The summed E-state index contributed by atoms with van der Waals surface area (Å²) in [5, 5.41) is 15.6. The molecule has 0 aliphatic heterocycles. The van der Waals surface area contributed by atoms with Crippen LogP contribution in [0.3, 0.4) is 0 Å². The summed E-state index contributed by atoms with van der Waals surface area (Å²) in [4.78, 5) is 32.7. The van der Waals surface area contributed by atoms with Crippen molar-refractivity contribution in [3.63, 3.8) is 0 Å². The molecule has 0 aliphatic carbocycles. The van der Waals surface area contributed by atoms with E-state index in [1.807, 2.05) is 67.6 Å². The monoisotopic (exact) mass is 540 g/mol. The molecule has 0 fully saturated rings. The lowest BCUT2D eigenvalue weighted by Gasteiger charge is -2.17. The molecule has 1 amide bonds. The van der Waals surface area contributed by atoms with Crippen molar-refractivity contribution in [3.05, 3.63) is 107 Å². The summed E-state index contributed by atoms with van der Waals surface area (Å²) in [6.07, 6.45) is 0.541. The molecule has 8 nitrogen and oxygen atoms in total. The minimum Gasteiger partial charge on any atom is -0.480 e. The van der Waals surface area contributed by atoms with Crippen LogP contribution in [0, 0.1) is 12.7 Å². The van der Waals surface area contributed by atoms with Crippen LogP contribution in [0.2, 0.25) is 0 Å². The number of carboxylic acid groups (broad SMARTS) is 1. The maximum absolute atomic E-state index is 13.8. The summed E-state index contributed by atoms with van der Waals surface area (Å²) in [6, 6.07) is 20.3. The topological polar surface area (TPSA) is 120 Å². The van der Waals surface area contributed by atoms with Gasteiger partial charge in [0.25, 0.3) is 5.91 Å². The third-order valence-corrected chi connectivity index (χ3v) is 6.75. The van der Waals surface area contributed by atoms with E-state index in [1.54, 1.807) is 6.92 Å². The van der Waals surface area contributed by atoms with E-state index in [0.717, 1.165) is 27.9 Å². The maximum Gasteiger partial charge on any atom is 0.326 e. The molecule has 0 aliphatic rings. The fourth-order valence-corrected chi connectivity index (χ4v) is 4.72. The zero-order chi connectivity index (χ0) is 28.2. The summed E-state index contributed by atoms with van der Waals surface area (Å²) in [7, 11) is 0. The van der Waals surface area contributed by atoms with E-state index in [2.05, 4.69) is 20.6 Å². The number of fused-ring (bicyclic) bond motifs is 1. The number of furan rings is 1. The van der Waals surface area contributed by atoms with E-state index in [9.17, 15) is 19.1 Å². The second-order valence-electron chi connectivity index (χ2n) is 9.60. The molecule has 0 saturated heterocycles. The Hall–Kier alpha value is -4.92. The van der Waals surface area contributed by atoms with Crippen molar-refractivity contribution in [1.29, 1.82) is 0 Å². The van der Waals surface area contributed by atoms with Gasteiger partial charge in [0, 0.05) is 17.5 Å². The number of carbonyl (C=O) groups is 2. The summed E-state index contributed by atoms with van der Waals surface area (Å²) in [5.74, 6) is -0.0396. The van der Waals surface area contributed by atoms with Gasteiger partial charge in [-0.3, -0.25) is 4.79 Å². The number of imidazole rings is 1. The number of halogens is 1. The quantitative estimate of drug-likeness (QED) is 0.176. The van der Waals surface area contributed by atoms with E-state index in [0.29, 0.717) is 41.4 Å². The molecule has 5 aromatic rings. The number of aromatic amines is 1. The van der Waals surface area contributed by atoms with E-state index < -0.39 is 23.7 Å². The Bertz CT molecular complexity index is 1640. The van der Waals surface area contributed by atoms with Crippen LogP contribution in [0.15, 0.2) is 77.2 Å². The first-order valence-corrected chi connectivity index (χ1v) is 13.0. The molecular weight excluding hydrogens is 511 g/mol. The first kappa shape index (κ1) is 26.7. The van der Waals surface area contributed by atoms with Crippen LogP contribution in [0.4, 0.5) is 10.3 Å². The van der Waals surface area contributed by atoms with Crippen LogP contribution in [0.5, 0.6) is 0 Å². The Morgan fingerprint density at radius 3 is 2.58 bits per heavy atom. The smallest absolute Gasteiger partial charge is 0.326 e. The number of carboxylic acids is 1. The lowest BCUT2D eigenvalue weighted by Crippen LogP contribution is -2.42. The fourth-order valence-electron chi connectivity index (χ4n) is 4.72. The van der Waals surface area contributed by atoms with Gasteiger partial charge in [0.2, 0.25) is 5.95 Å². The number of hydrogen-bond acceptors (Lipinski definition) is 5. The lowest BCUT2D eigenvalue weighted by molar-refractivity contribution is -0.139. The van der Waals surface area contributed by atoms with Gasteiger partial charge < -0.3 is 25.1 Å². The van der Waals surface area contributed by atoms with Gasteiger partial charge in [0.1, 0.15) is 23.4 Å². The van der Waals surface area contributed by atoms with Crippen molar-refractivity contribution in [2.75, 3.05) is 5.32 Å². The predicted octanol–water partition coefficient (Wildman–Crippen LogP) is 5.87. The van der Waals surface area contributed by atoms with Crippen molar-refractivity contribution >= 4 is 28.9 Å². The first-order valence-electron chi connectivity index (χ1n) is 13.0. The normalized spacial score (nSPS) is 11.9. The minimum absolute atomic E-state index is 0.0912. The molecule has 3 aromatic carbocycles. The summed E-state index contributed by atoms with van der Waals surface area (Å²) in [5.41, 5.74) is 4.72. The number of carbonyl (C=O) groups excluding carboxylic acids is 1. The van der Waals surface area contributed by atoms with Crippen molar-refractivity contribution in [1.82, 2.24) is 15.3 Å². The number of aliphatic carboxylic acids is 1. The largest absolute Gasteiger partial charge is 0.480 e. The van der Waals surface area contributed by atoms with Crippen LogP contribution in [-0.4, -0.2) is 33.0 Å². The third kappa shape index (κ3) is 5.88. The van der Waals surface area contributed by atoms with Gasteiger partial charge in [-0.25, -0.2) is 14.2 Å². The van der Waals surface area contributed by atoms with Gasteiger partial charge in [0.05, 0.1) is 17.6 Å². The molecule has 40 heavy (non-hydrogen) atoms. The molecule has 0 saturated carbocycles. The van der Waals surface area contributed by atoms with Gasteiger partial charge >= 0.3 is 5.97 Å². The second kappa shape index (κ2) is 11.4. The number of aryl methyl sites for hydroxylation is 2. The number of nitrogens with one attached hydrogen (secondary N) is 3. The van der Waals surface area contributed by atoms with Gasteiger partial charge in [-0.15, -0.1) is 0 Å². The molecule has 0 radical (unpaired) electrons. The number of rotatable bonds is 10. The standard InChI is InChI=1S/C31H29FN4O4/c1-3-20-16-22(32)14-18(2)28(20)29(37)34-26(30(38)39)15-19-8-10-21(11-9-19)27-13-12-23(40-27)17-33-31-35-24-6-4-5-7-25(24)36-31/h4-14,16,26H,3,15,17H2,1-2H3,(H,34,37)(H,38,39)(H2,33,35,36). The summed E-state index contributed by atoms with van der Waals surface area (Å²) < 4.78 is 19.8. The summed E-state index contributed by atoms with van der Waals surface area (Å²) in [6.45, 7) is 3.91. The Balaban J connectivity index is 1.22. The molecule has 9 heteroatoms. The number of benzene rings is 3. The highest BCUT2D eigenvalue weighted by molar-refractivity contribution is 5.99. The van der Waals surface area contributed by atoms with E-state index in [-0.39, 0.29) is 6.42 Å². The number of amides is 1. The van der Waals surface area contributed by atoms with Gasteiger partial charge in [0.15, 0.2) is 0 Å². The Kier molecular flexibility index (Phi) is 7.63. The molecule has 0 bridgehead atoms. The number of aromatic nitrogens is 2. The minimum atomic E-state index is -1.15. The van der Waals surface area contributed by atoms with Crippen LogP contribution in [0.1, 0.15) is 39.7 Å². The molecule has 2 heterocycles. The highest BCUT2D eigenvalue weighted by atomic mass is 19.1. The van der Waals surface area contributed by atoms with Crippen molar-refractivity contribution in [2.24, 2.45) is 0 Å². The molecule has 1 atom stereocenters. The Labute approximate surface area is 230 Å². The second-order valence-corrected chi connectivity index (χ2v) is 9.60. The van der Waals surface area contributed by atoms with Crippen LogP contribution in [0.25, 0.3) is 22.4 Å². The lowest BCUT2D eigenvalue weighted by atomic mass is 9.98. The summed E-state index contributed by atoms with van der Waals surface area (Å²) >= 11 is 0. The Morgan fingerprint density at radius 1 is 1.07 bits per heavy atom. The number of hydrogen-bond donors (Lipinski definition) is 4. The molecule has 5 rings (SSSR count). The molecule has 4 N–H and O–H groups in total. The van der Waals surface area contributed by atoms with E-state index in [4.69, 9.17) is 4.42 Å². The zero-order valence-corrected chi connectivity index (χ0v) is 22.1. The number of nitrogens with zero attached hydrogens (tertiary/aromatic N) is 1. The van der Waals surface area contributed by atoms with Gasteiger partial charge in [-0.05, 0) is 66.4 Å². The number of anilines is 1. The molecule has 2 aromatic heterocycles.